The molecular weight excluding hydrogens is 223 g/mol. The molecule has 5 heteroatoms. The number of carbonyl (C=O) groups excluding carboxylic acids is 2. The third-order valence-electron chi connectivity index (χ3n) is 2.98. The Hall–Kier alpha value is -1.91. The lowest BCUT2D eigenvalue weighted by Gasteiger charge is -2.27. The second-order valence-corrected chi connectivity index (χ2v) is 4.10. The van der Waals surface area contributed by atoms with E-state index in [1.807, 2.05) is 6.92 Å². The van der Waals surface area contributed by atoms with Gasteiger partial charge in [-0.1, -0.05) is 6.07 Å². The van der Waals surface area contributed by atoms with Gasteiger partial charge in [0.25, 0.3) is 0 Å². The molecule has 0 bridgehead atoms. The lowest BCUT2D eigenvalue weighted by Crippen LogP contribution is -2.49. The Labute approximate surface area is 98.4 Å². The number of imide groups is 1. The molecule has 0 atom stereocenters. The smallest absolute Gasteiger partial charge is 0.291 e. The summed E-state index contributed by atoms with van der Waals surface area (Å²) < 4.78 is 14.0. The molecule has 0 saturated carbocycles. The number of halogens is 1. The zero-order chi connectivity index (χ0) is 12.6. The van der Waals surface area contributed by atoms with E-state index in [4.69, 9.17) is 0 Å². The summed E-state index contributed by atoms with van der Waals surface area (Å²) in [6.45, 7) is 3.69. The maximum Gasteiger partial charge on any atom is 0.328 e. The highest BCUT2D eigenvalue weighted by atomic mass is 19.1. The largest absolute Gasteiger partial charge is 0.328 e. The molecule has 1 saturated heterocycles. The van der Waals surface area contributed by atoms with Crippen LogP contribution in [0.4, 0.5) is 14.9 Å². The van der Waals surface area contributed by atoms with E-state index in [0.29, 0.717) is 5.56 Å². The average Bonchev–Trinajstić information content (AvgIpc) is 2.28. The third-order valence-corrected chi connectivity index (χ3v) is 2.98. The first-order valence-corrected chi connectivity index (χ1v) is 5.37. The van der Waals surface area contributed by atoms with Crippen LogP contribution in [0.1, 0.15) is 17.5 Å². The Morgan fingerprint density at radius 1 is 1.29 bits per heavy atom. The quantitative estimate of drug-likeness (QED) is 0.809. The van der Waals surface area contributed by atoms with Crippen LogP contribution in [0.3, 0.4) is 0 Å². The van der Waals surface area contributed by atoms with Crippen LogP contribution in [-0.4, -0.2) is 18.5 Å². The summed E-state index contributed by atoms with van der Waals surface area (Å²) in [5.41, 5.74) is 1.57. The van der Waals surface area contributed by atoms with Crippen molar-refractivity contribution < 1.29 is 14.0 Å². The Morgan fingerprint density at radius 3 is 2.65 bits per heavy atom. The minimum Gasteiger partial charge on any atom is -0.291 e. The van der Waals surface area contributed by atoms with Gasteiger partial charge >= 0.3 is 6.03 Å². The van der Waals surface area contributed by atoms with Crippen molar-refractivity contribution in [3.63, 3.8) is 0 Å². The van der Waals surface area contributed by atoms with Gasteiger partial charge in [-0.2, -0.15) is 0 Å². The van der Waals surface area contributed by atoms with Crippen molar-refractivity contribution >= 4 is 17.6 Å². The van der Waals surface area contributed by atoms with Crippen molar-refractivity contribution in [1.82, 2.24) is 5.32 Å². The highest BCUT2D eigenvalue weighted by Crippen LogP contribution is 2.25. The fraction of sp³-hybridized carbons (Fsp3) is 0.333. The van der Waals surface area contributed by atoms with Gasteiger partial charge in [-0.25, -0.2) is 9.18 Å². The molecule has 1 aromatic carbocycles. The second kappa shape index (κ2) is 4.16. The monoisotopic (exact) mass is 236 g/mol. The third kappa shape index (κ3) is 2.00. The number of rotatable bonds is 1. The molecule has 90 valence electrons. The van der Waals surface area contributed by atoms with Crippen LogP contribution in [0, 0.1) is 19.7 Å². The van der Waals surface area contributed by atoms with Gasteiger partial charge in [0.15, 0.2) is 0 Å². The maximum atomic E-state index is 14.0. The number of nitrogens with one attached hydrogen (secondary N) is 1. The minimum atomic E-state index is -0.566. The van der Waals surface area contributed by atoms with E-state index in [2.05, 4.69) is 5.32 Å². The zero-order valence-electron chi connectivity index (χ0n) is 9.71. The summed E-state index contributed by atoms with van der Waals surface area (Å²) in [5, 5.41) is 2.17. The standard InChI is InChI=1S/C12H13FN2O2/c1-7-3-4-9(11(13)8(7)2)15-6-5-10(16)14-12(15)17/h3-4H,5-6H2,1-2H3,(H,14,16,17). The van der Waals surface area contributed by atoms with Gasteiger partial charge in [0.05, 0.1) is 5.69 Å². The van der Waals surface area contributed by atoms with Crippen molar-refractivity contribution in [3.05, 3.63) is 29.1 Å². The molecule has 1 N–H and O–H groups in total. The van der Waals surface area contributed by atoms with Gasteiger partial charge in [0.2, 0.25) is 5.91 Å². The minimum absolute atomic E-state index is 0.193. The Morgan fingerprint density at radius 2 is 2.00 bits per heavy atom. The Kier molecular flexibility index (Phi) is 2.83. The SMILES string of the molecule is Cc1ccc(N2CCC(=O)NC2=O)c(F)c1C. The molecule has 0 aromatic heterocycles. The summed E-state index contributed by atoms with van der Waals surface area (Å²) in [7, 11) is 0. The molecule has 0 unspecified atom stereocenters. The number of urea groups is 1. The van der Waals surface area contributed by atoms with E-state index in [0.717, 1.165) is 5.56 Å². The molecule has 1 fully saturated rings. The first kappa shape index (κ1) is 11.6. The molecule has 4 nitrogen and oxygen atoms in total. The Balaban J connectivity index is 2.38. The van der Waals surface area contributed by atoms with Crippen molar-refractivity contribution in [3.8, 4) is 0 Å². The van der Waals surface area contributed by atoms with Gasteiger partial charge in [0, 0.05) is 13.0 Å². The van der Waals surface area contributed by atoms with E-state index < -0.39 is 11.8 Å². The van der Waals surface area contributed by atoms with Crippen LogP contribution < -0.4 is 10.2 Å². The molecule has 1 aliphatic rings. The zero-order valence-corrected chi connectivity index (χ0v) is 9.71. The first-order chi connectivity index (χ1) is 8.00. The van der Waals surface area contributed by atoms with Gasteiger partial charge in [-0.15, -0.1) is 0 Å². The molecule has 0 radical (unpaired) electrons. The van der Waals surface area contributed by atoms with E-state index in [-0.39, 0.29) is 24.6 Å². The van der Waals surface area contributed by atoms with Gasteiger partial charge in [-0.3, -0.25) is 15.0 Å². The molecule has 1 heterocycles. The highest BCUT2D eigenvalue weighted by molar-refractivity contribution is 6.05. The lowest BCUT2D eigenvalue weighted by atomic mass is 10.1. The van der Waals surface area contributed by atoms with Gasteiger partial charge in [-0.05, 0) is 31.0 Å². The number of hydrogen-bond acceptors (Lipinski definition) is 2. The van der Waals surface area contributed by atoms with Crippen molar-refractivity contribution in [2.45, 2.75) is 20.3 Å². The number of hydrogen-bond donors (Lipinski definition) is 1. The number of amides is 3. The summed E-state index contributed by atoms with van der Waals surface area (Å²) >= 11 is 0. The molecule has 0 aliphatic carbocycles. The van der Waals surface area contributed by atoms with Crippen molar-refractivity contribution in [2.24, 2.45) is 0 Å². The lowest BCUT2D eigenvalue weighted by molar-refractivity contribution is -0.120. The van der Waals surface area contributed by atoms with Crippen molar-refractivity contribution in [2.75, 3.05) is 11.4 Å². The number of nitrogens with zero attached hydrogens (tertiary/aromatic N) is 1. The number of anilines is 1. The maximum absolute atomic E-state index is 14.0. The molecule has 17 heavy (non-hydrogen) atoms. The summed E-state index contributed by atoms with van der Waals surface area (Å²) in [5.74, 6) is -0.731. The summed E-state index contributed by atoms with van der Waals surface area (Å²) in [4.78, 5) is 23.8. The molecule has 3 amide bonds. The molecular formula is C12H13FN2O2. The van der Waals surface area contributed by atoms with E-state index in [1.54, 1.807) is 19.1 Å². The molecule has 1 aromatic rings. The number of carbonyl (C=O) groups is 2. The van der Waals surface area contributed by atoms with Crippen LogP contribution in [0.15, 0.2) is 12.1 Å². The van der Waals surface area contributed by atoms with Gasteiger partial charge < -0.3 is 0 Å². The summed E-state index contributed by atoms with van der Waals surface area (Å²) in [6.07, 6.45) is 0.193. The Bertz CT molecular complexity index is 500. The van der Waals surface area contributed by atoms with Crippen LogP contribution in [-0.2, 0) is 4.79 Å². The summed E-state index contributed by atoms with van der Waals surface area (Å²) in [6, 6.07) is 2.76. The van der Waals surface area contributed by atoms with E-state index in [1.165, 1.54) is 4.90 Å². The van der Waals surface area contributed by atoms with Crippen LogP contribution in [0.5, 0.6) is 0 Å². The normalized spacial score (nSPS) is 16.1. The van der Waals surface area contributed by atoms with Gasteiger partial charge in [0.1, 0.15) is 5.82 Å². The van der Waals surface area contributed by atoms with E-state index >= 15 is 0 Å². The average molecular weight is 236 g/mol. The van der Waals surface area contributed by atoms with Crippen LogP contribution in [0.2, 0.25) is 0 Å². The predicted molar refractivity (Wildman–Crippen MR) is 61.4 cm³/mol. The molecule has 2 rings (SSSR count). The fourth-order valence-electron chi connectivity index (χ4n) is 1.77. The number of aryl methyl sites for hydroxylation is 1. The second-order valence-electron chi connectivity index (χ2n) is 4.10. The molecule has 0 spiro atoms. The van der Waals surface area contributed by atoms with Crippen LogP contribution in [0.25, 0.3) is 0 Å². The fourth-order valence-corrected chi connectivity index (χ4v) is 1.77. The van der Waals surface area contributed by atoms with Crippen molar-refractivity contribution in [1.29, 1.82) is 0 Å². The topological polar surface area (TPSA) is 49.4 Å². The predicted octanol–water partition coefficient (Wildman–Crippen LogP) is 1.89. The van der Waals surface area contributed by atoms with E-state index in [9.17, 15) is 14.0 Å². The van der Waals surface area contributed by atoms with Crippen LogP contribution >= 0.6 is 0 Å². The first-order valence-electron chi connectivity index (χ1n) is 5.37. The highest BCUT2D eigenvalue weighted by Gasteiger charge is 2.26. The molecule has 1 aliphatic heterocycles. The number of benzene rings is 1.